The minimum absolute atomic E-state index is 0.0861. The quantitative estimate of drug-likeness (QED) is 0.372. The molecule has 0 radical (unpaired) electrons. The molecule has 170 valence electrons. The third-order valence-corrected chi connectivity index (χ3v) is 6.94. The van der Waals surface area contributed by atoms with Crippen molar-refractivity contribution >= 4 is 29.0 Å². The molecule has 4 rings (SSSR count). The van der Waals surface area contributed by atoms with Gasteiger partial charge in [-0.05, 0) is 23.6 Å². The van der Waals surface area contributed by atoms with Crippen LogP contribution in [0.2, 0.25) is 0 Å². The Morgan fingerprint density at radius 1 is 1.16 bits per heavy atom. The Kier molecular flexibility index (Phi) is 7.51. The highest BCUT2D eigenvalue weighted by Crippen LogP contribution is 2.21. The molecule has 2 N–H and O–H groups in total. The van der Waals surface area contributed by atoms with Crippen molar-refractivity contribution in [3.8, 4) is 11.5 Å². The van der Waals surface area contributed by atoms with E-state index in [2.05, 4.69) is 32.6 Å². The molecule has 0 unspecified atom stereocenters. The van der Waals surface area contributed by atoms with Crippen LogP contribution in [0, 0.1) is 0 Å². The molecule has 1 aliphatic heterocycles. The number of hydrogen-bond acceptors (Lipinski definition) is 9. The van der Waals surface area contributed by atoms with Crippen LogP contribution < -0.4 is 15.3 Å². The lowest BCUT2D eigenvalue weighted by molar-refractivity contribution is -0.130. The van der Waals surface area contributed by atoms with Crippen molar-refractivity contribution in [1.29, 1.82) is 0 Å². The van der Waals surface area contributed by atoms with Crippen LogP contribution in [0.1, 0.15) is 10.7 Å². The summed E-state index contributed by atoms with van der Waals surface area (Å²) in [7, 11) is 1.60. The molecular weight excluding hydrogens is 448 g/mol. The number of aromatic nitrogens is 3. The van der Waals surface area contributed by atoms with Crippen LogP contribution in [-0.2, 0) is 17.9 Å². The van der Waals surface area contributed by atoms with Gasteiger partial charge in [-0.3, -0.25) is 9.69 Å². The average molecular weight is 475 g/mol. The first kappa shape index (κ1) is 22.4. The maximum Gasteiger partial charge on any atom is 0.233 e. The molecular formula is C21H26N6O3S2. The van der Waals surface area contributed by atoms with E-state index < -0.39 is 0 Å². The number of thioether (sulfide) groups is 1. The Labute approximate surface area is 195 Å². The molecule has 0 aliphatic carbocycles. The summed E-state index contributed by atoms with van der Waals surface area (Å²) in [5, 5.41) is 10.8. The number of ether oxygens (including phenoxy) is 2. The van der Waals surface area contributed by atoms with Crippen molar-refractivity contribution in [2.24, 2.45) is 0 Å². The molecule has 0 bridgehead atoms. The highest BCUT2D eigenvalue weighted by atomic mass is 32.2. The van der Waals surface area contributed by atoms with Gasteiger partial charge in [-0.25, -0.2) is 4.68 Å². The van der Waals surface area contributed by atoms with Crippen molar-refractivity contribution in [3.05, 3.63) is 52.5 Å². The van der Waals surface area contributed by atoms with Crippen LogP contribution in [0.5, 0.6) is 11.5 Å². The van der Waals surface area contributed by atoms with Gasteiger partial charge in [0.15, 0.2) is 5.82 Å². The number of hydrogen-bond donors (Lipinski definition) is 1. The lowest BCUT2D eigenvalue weighted by Crippen LogP contribution is -2.48. The molecule has 3 aromatic rings. The summed E-state index contributed by atoms with van der Waals surface area (Å²) in [4.78, 5) is 18.3. The van der Waals surface area contributed by atoms with Gasteiger partial charge in [0.2, 0.25) is 11.1 Å². The maximum atomic E-state index is 12.6. The molecule has 0 saturated carbocycles. The summed E-state index contributed by atoms with van der Waals surface area (Å²) in [5.41, 5.74) is 0. The fraction of sp³-hybridized carbons (Fsp3) is 0.381. The lowest BCUT2D eigenvalue weighted by Gasteiger charge is -2.34. The van der Waals surface area contributed by atoms with E-state index in [9.17, 15) is 4.79 Å². The number of nitrogens with two attached hydrogens (primary N) is 1. The summed E-state index contributed by atoms with van der Waals surface area (Å²) in [6.45, 7) is 4.35. The van der Waals surface area contributed by atoms with Crippen molar-refractivity contribution in [3.63, 3.8) is 0 Å². The molecule has 11 heteroatoms. The number of thiophene rings is 1. The third kappa shape index (κ3) is 5.72. The standard InChI is InChI=1S/C21H26N6O3S2/c1-29-16-4-2-5-17(12-16)30-14-19-23-24-21(27(19)22)32-15-20(28)26-9-7-25(8-10-26)13-18-6-3-11-31-18/h2-6,11-12H,7-10,13-15,22H2,1H3. The normalized spacial score (nSPS) is 14.5. The minimum atomic E-state index is 0.0861. The van der Waals surface area contributed by atoms with Gasteiger partial charge in [-0.15, -0.1) is 21.5 Å². The molecule has 1 fully saturated rings. The van der Waals surface area contributed by atoms with Crippen LogP contribution in [0.3, 0.4) is 0 Å². The number of nitrogens with zero attached hydrogens (tertiary/aromatic N) is 5. The number of methoxy groups -OCH3 is 1. The maximum absolute atomic E-state index is 12.6. The summed E-state index contributed by atoms with van der Waals surface area (Å²) in [5.74, 6) is 8.30. The zero-order valence-electron chi connectivity index (χ0n) is 17.8. The van der Waals surface area contributed by atoms with Crippen LogP contribution in [0.25, 0.3) is 0 Å². The van der Waals surface area contributed by atoms with Crippen LogP contribution in [0.4, 0.5) is 0 Å². The van der Waals surface area contributed by atoms with E-state index in [4.69, 9.17) is 15.3 Å². The van der Waals surface area contributed by atoms with Gasteiger partial charge in [-0.1, -0.05) is 23.9 Å². The Morgan fingerprint density at radius 3 is 2.72 bits per heavy atom. The highest BCUT2D eigenvalue weighted by molar-refractivity contribution is 7.99. The fourth-order valence-corrected chi connectivity index (χ4v) is 4.86. The first-order valence-corrected chi connectivity index (χ1v) is 12.1. The molecule has 1 aliphatic rings. The van der Waals surface area contributed by atoms with Gasteiger partial charge < -0.3 is 20.2 Å². The molecule has 9 nitrogen and oxygen atoms in total. The third-order valence-electron chi connectivity index (χ3n) is 5.15. The molecule has 0 atom stereocenters. The van der Waals surface area contributed by atoms with Crippen LogP contribution in [-0.4, -0.2) is 69.6 Å². The zero-order chi connectivity index (χ0) is 22.3. The van der Waals surface area contributed by atoms with Gasteiger partial charge in [0.05, 0.1) is 12.9 Å². The lowest BCUT2D eigenvalue weighted by atomic mass is 10.3. The van der Waals surface area contributed by atoms with E-state index in [0.717, 1.165) is 32.7 Å². The van der Waals surface area contributed by atoms with Gasteiger partial charge in [0, 0.05) is 43.7 Å². The number of carbonyl (C=O) groups is 1. The Bertz CT molecular complexity index is 1020. The number of rotatable bonds is 9. The van der Waals surface area contributed by atoms with E-state index in [0.29, 0.717) is 22.5 Å². The Hall–Kier alpha value is -2.76. The zero-order valence-corrected chi connectivity index (χ0v) is 19.5. The van der Waals surface area contributed by atoms with Gasteiger partial charge >= 0.3 is 0 Å². The van der Waals surface area contributed by atoms with Crippen molar-refractivity contribution in [1.82, 2.24) is 24.7 Å². The van der Waals surface area contributed by atoms with Crippen molar-refractivity contribution in [2.45, 2.75) is 18.3 Å². The van der Waals surface area contributed by atoms with Gasteiger partial charge in [0.1, 0.15) is 18.1 Å². The largest absolute Gasteiger partial charge is 0.497 e. The second-order valence-corrected chi connectivity index (χ2v) is 9.24. The Balaban J connectivity index is 1.22. The second kappa shape index (κ2) is 10.7. The highest BCUT2D eigenvalue weighted by Gasteiger charge is 2.22. The Morgan fingerprint density at radius 2 is 1.97 bits per heavy atom. The first-order valence-electron chi connectivity index (χ1n) is 10.2. The first-order chi connectivity index (χ1) is 15.6. The SMILES string of the molecule is COc1cccc(OCc2nnc(SCC(=O)N3CCN(Cc4cccs4)CC3)n2N)c1. The predicted molar refractivity (Wildman–Crippen MR) is 124 cm³/mol. The van der Waals surface area contributed by atoms with Crippen molar-refractivity contribution in [2.75, 3.05) is 44.9 Å². The van der Waals surface area contributed by atoms with E-state index in [1.54, 1.807) is 24.5 Å². The van der Waals surface area contributed by atoms with Crippen molar-refractivity contribution < 1.29 is 14.3 Å². The summed E-state index contributed by atoms with van der Waals surface area (Å²) < 4.78 is 12.3. The summed E-state index contributed by atoms with van der Waals surface area (Å²) in [6, 6.07) is 11.5. The number of piperazine rings is 1. The predicted octanol–water partition coefficient (Wildman–Crippen LogP) is 2.08. The van der Waals surface area contributed by atoms with Crippen LogP contribution >= 0.6 is 23.1 Å². The smallest absolute Gasteiger partial charge is 0.233 e. The number of amides is 1. The van der Waals surface area contributed by atoms with Crippen LogP contribution in [0.15, 0.2) is 46.9 Å². The van der Waals surface area contributed by atoms with E-state index >= 15 is 0 Å². The van der Waals surface area contributed by atoms with Gasteiger partial charge in [0.25, 0.3) is 0 Å². The topological polar surface area (TPSA) is 98.7 Å². The molecule has 0 spiro atoms. The monoisotopic (exact) mass is 474 g/mol. The number of nitrogen functional groups attached to an aromatic ring is 1. The number of benzene rings is 1. The van der Waals surface area contributed by atoms with E-state index in [-0.39, 0.29) is 18.3 Å². The second-order valence-electron chi connectivity index (χ2n) is 7.26. The molecule has 2 aromatic heterocycles. The molecule has 1 saturated heterocycles. The molecule has 3 heterocycles. The van der Waals surface area contributed by atoms with E-state index in [1.807, 2.05) is 23.1 Å². The summed E-state index contributed by atoms with van der Waals surface area (Å²) >= 11 is 3.06. The molecule has 32 heavy (non-hydrogen) atoms. The van der Waals surface area contributed by atoms with Gasteiger partial charge in [-0.2, -0.15) is 0 Å². The minimum Gasteiger partial charge on any atom is -0.497 e. The number of carbonyl (C=O) groups excluding carboxylic acids is 1. The summed E-state index contributed by atoms with van der Waals surface area (Å²) in [6.07, 6.45) is 0. The van der Waals surface area contributed by atoms with E-state index in [1.165, 1.54) is 21.3 Å². The molecule has 1 aromatic carbocycles. The average Bonchev–Trinajstić information content (AvgIpc) is 3.46. The molecule has 1 amide bonds. The fourth-order valence-electron chi connectivity index (χ4n) is 3.34.